The van der Waals surface area contributed by atoms with Crippen LogP contribution in [0, 0.1) is 11.6 Å². The maximum absolute atomic E-state index is 13.8. The zero-order valence-corrected chi connectivity index (χ0v) is 11.0. The summed E-state index contributed by atoms with van der Waals surface area (Å²) in [6.07, 6.45) is -0.741. The molecule has 0 aromatic heterocycles. The molecule has 21 heavy (non-hydrogen) atoms. The van der Waals surface area contributed by atoms with Gasteiger partial charge in [-0.05, 0) is 6.07 Å². The lowest BCUT2D eigenvalue weighted by molar-refractivity contribution is -0.117. The molecular weight excluding hydrogens is 315 g/mol. The van der Waals surface area contributed by atoms with Gasteiger partial charge in [0.25, 0.3) is 0 Å². The first-order chi connectivity index (χ1) is 9.61. The fourth-order valence-electron chi connectivity index (χ4n) is 2.08. The van der Waals surface area contributed by atoms with Gasteiger partial charge in [0.2, 0.25) is 5.91 Å². The summed E-state index contributed by atoms with van der Waals surface area (Å²) in [6, 6.07) is 0.845. The Morgan fingerprint density at radius 2 is 1.95 bits per heavy atom. The second-order valence-electron chi connectivity index (χ2n) is 4.39. The maximum Gasteiger partial charge on any atom is 0.338 e. The summed E-state index contributed by atoms with van der Waals surface area (Å²) in [7, 11) is -5.04. The minimum atomic E-state index is -5.04. The van der Waals surface area contributed by atoms with Crippen molar-refractivity contribution >= 4 is 27.8 Å². The van der Waals surface area contributed by atoms with E-state index >= 15 is 0 Å². The Morgan fingerprint density at radius 3 is 2.43 bits per heavy atom. The number of amides is 1. The minimum Gasteiger partial charge on any atom is -0.478 e. The van der Waals surface area contributed by atoms with Crippen molar-refractivity contribution in [3.63, 3.8) is 0 Å². The number of anilines is 1. The summed E-state index contributed by atoms with van der Waals surface area (Å²) >= 11 is 0. The first-order valence-electron chi connectivity index (χ1n) is 5.57. The lowest BCUT2D eigenvalue weighted by Gasteiger charge is -2.19. The molecule has 6 nitrogen and oxygen atoms in total. The van der Waals surface area contributed by atoms with Crippen LogP contribution in [0.4, 0.5) is 18.4 Å². The number of hydrogen-bond donors (Lipinski definition) is 1. The van der Waals surface area contributed by atoms with Gasteiger partial charge in [0.05, 0.1) is 11.3 Å². The monoisotopic (exact) mass is 323 g/mol. The fraction of sp³-hybridized carbons (Fsp3) is 0.273. The van der Waals surface area contributed by atoms with Gasteiger partial charge in [-0.1, -0.05) is 0 Å². The van der Waals surface area contributed by atoms with Crippen molar-refractivity contribution in [2.75, 3.05) is 11.4 Å². The highest BCUT2D eigenvalue weighted by Gasteiger charge is 2.41. The SMILES string of the molecule is O=C(O)c1cc(F)cc(F)c1N1CC(S(=O)(=O)F)CC1=O. The molecule has 1 amide bonds. The van der Waals surface area contributed by atoms with Crippen molar-refractivity contribution < 1.29 is 35.8 Å². The van der Waals surface area contributed by atoms with Crippen LogP contribution in [0.15, 0.2) is 12.1 Å². The van der Waals surface area contributed by atoms with Gasteiger partial charge in [-0.2, -0.15) is 8.42 Å². The summed E-state index contributed by atoms with van der Waals surface area (Å²) in [5.41, 5.74) is -1.63. The number of nitrogens with zero attached hydrogens (tertiary/aromatic N) is 1. The van der Waals surface area contributed by atoms with E-state index < -0.39 is 63.2 Å². The van der Waals surface area contributed by atoms with E-state index in [9.17, 15) is 30.7 Å². The zero-order chi connectivity index (χ0) is 15.9. The normalized spacial score (nSPS) is 19.1. The first-order valence-corrected chi connectivity index (χ1v) is 7.02. The molecule has 1 aliphatic heterocycles. The van der Waals surface area contributed by atoms with Crippen LogP contribution in [0.25, 0.3) is 0 Å². The Labute approximate surface area is 117 Å². The molecule has 1 aromatic carbocycles. The van der Waals surface area contributed by atoms with E-state index in [4.69, 9.17) is 5.11 Å². The van der Waals surface area contributed by atoms with Gasteiger partial charge >= 0.3 is 16.2 Å². The zero-order valence-electron chi connectivity index (χ0n) is 10.2. The largest absolute Gasteiger partial charge is 0.478 e. The average molecular weight is 323 g/mol. The van der Waals surface area contributed by atoms with E-state index in [0.717, 1.165) is 0 Å². The Balaban J connectivity index is 2.53. The lowest BCUT2D eigenvalue weighted by Crippen LogP contribution is -2.29. The molecule has 1 atom stereocenters. The van der Waals surface area contributed by atoms with Gasteiger partial charge < -0.3 is 10.0 Å². The van der Waals surface area contributed by atoms with E-state index in [-0.39, 0.29) is 0 Å². The number of benzene rings is 1. The van der Waals surface area contributed by atoms with Gasteiger partial charge in [0.15, 0.2) is 5.82 Å². The highest BCUT2D eigenvalue weighted by molar-refractivity contribution is 7.87. The molecule has 0 spiro atoms. The fourth-order valence-corrected chi connectivity index (χ4v) is 2.75. The van der Waals surface area contributed by atoms with E-state index in [1.807, 2.05) is 0 Å². The average Bonchev–Trinajstić information content (AvgIpc) is 2.70. The van der Waals surface area contributed by atoms with Gasteiger partial charge in [0, 0.05) is 19.0 Å². The molecule has 1 heterocycles. The highest BCUT2D eigenvalue weighted by atomic mass is 32.3. The predicted octanol–water partition coefficient (Wildman–Crippen LogP) is 1.07. The molecule has 1 unspecified atom stereocenters. The van der Waals surface area contributed by atoms with Crippen LogP contribution in [0.5, 0.6) is 0 Å². The second-order valence-corrected chi connectivity index (χ2v) is 6.01. The molecule has 0 bridgehead atoms. The highest BCUT2D eigenvalue weighted by Crippen LogP contribution is 2.31. The van der Waals surface area contributed by atoms with Crippen molar-refractivity contribution in [1.29, 1.82) is 0 Å². The molecule has 0 saturated carbocycles. The Bertz CT molecular complexity index is 734. The van der Waals surface area contributed by atoms with E-state index in [1.54, 1.807) is 0 Å². The third-order valence-electron chi connectivity index (χ3n) is 3.02. The number of rotatable bonds is 3. The summed E-state index contributed by atoms with van der Waals surface area (Å²) in [5, 5.41) is 7.21. The van der Waals surface area contributed by atoms with Gasteiger partial charge in [-0.15, -0.1) is 3.89 Å². The molecule has 1 N–H and O–H groups in total. The van der Waals surface area contributed by atoms with Crippen LogP contribution >= 0.6 is 0 Å². The lowest BCUT2D eigenvalue weighted by atomic mass is 10.1. The Morgan fingerprint density at radius 1 is 1.33 bits per heavy atom. The topological polar surface area (TPSA) is 91.8 Å². The third kappa shape index (κ3) is 2.84. The number of aromatic carboxylic acids is 1. The summed E-state index contributed by atoms with van der Waals surface area (Å²) < 4.78 is 61.3. The number of halogens is 3. The molecule has 1 fully saturated rings. The van der Waals surface area contributed by atoms with E-state index in [2.05, 4.69) is 0 Å². The van der Waals surface area contributed by atoms with Gasteiger partial charge in [0.1, 0.15) is 11.1 Å². The molecule has 2 rings (SSSR count). The number of carbonyl (C=O) groups excluding carboxylic acids is 1. The molecule has 0 aliphatic carbocycles. The number of carbonyl (C=O) groups is 2. The molecule has 1 aromatic rings. The molecular formula is C11H8F3NO5S. The molecule has 1 aliphatic rings. The maximum atomic E-state index is 13.8. The summed E-state index contributed by atoms with van der Waals surface area (Å²) in [6.45, 7) is -0.736. The van der Waals surface area contributed by atoms with Crippen molar-refractivity contribution in [3.05, 3.63) is 29.3 Å². The quantitative estimate of drug-likeness (QED) is 0.840. The smallest absolute Gasteiger partial charge is 0.338 e. The van der Waals surface area contributed by atoms with Crippen LogP contribution in [-0.4, -0.2) is 37.2 Å². The van der Waals surface area contributed by atoms with Crippen LogP contribution in [0.1, 0.15) is 16.8 Å². The van der Waals surface area contributed by atoms with Crippen molar-refractivity contribution in [2.45, 2.75) is 11.7 Å². The standard InChI is InChI=1S/C11H8F3NO5S/c12-5-1-7(11(17)18)10(8(13)2-5)15-4-6(3-9(15)16)21(14,19)20/h1-2,6H,3-4H2,(H,17,18). The van der Waals surface area contributed by atoms with Crippen LogP contribution < -0.4 is 4.90 Å². The van der Waals surface area contributed by atoms with E-state index in [0.29, 0.717) is 17.0 Å². The van der Waals surface area contributed by atoms with Gasteiger partial charge in [-0.25, -0.2) is 13.6 Å². The van der Waals surface area contributed by atoms with E-state index in [1.165, 1.54) is 0 Å². The van der Waals surface area contributed by atoms with Crippen LogP contribution in [0.3, 0.4) is 0 Å². The Kier molecular flexibility index (Phi) is 3.66. The van der Waals surface area contributed by atoms with Crippen LogP contribution in [-0.2, 0) is 15.0 Å². The van der Waals surface area contributed by atoms with Gasteiger partial charge in [-0.3, -0.25) is 4.79 Å². The number of hydrogen-bond acceptors (Lipinski definition) is 4. The molecule has 0 radical (unpaired) electrons. The summed E-state index contributed by atoms with van der Waals surface area (Å²) in [4.78, 5) is 23.2. The first kappa shape index (κ1) is 15.3. The second kappa shape index (κ2) is 5.02. The third-order valence-corrected chi connectivity index (χ3v) is 4.13. The predicted molar refractivity (Wildman–Crippen MR) is 64.1 cm³/mol. The van der Waals surface area contributed by atoms with Crippen molar-refractivity contribution in [2.24, 2.45) is 0 Å². The number of carboxylic acid groups (broad SMARTS) is 1. The van der Waals surface area contributed by atoms with Crippen molar-refractivity contribution in [1.82, 2.24) is 0 Å². The molecule has 114 valence electrons. The molecule has 1 saturated heterocycles. The minimum absolute atomic E-state index is 0.353. The number of carboxylic acids is 1. The Hall–Kier alpha value is -2.10. The summed E-state index contributed by atoms with van der Waals surface area (Å²) in [5.74, 6) is -5.19. The molecule has 10 heteroatoms. The van der Waals surface area contributed by atoms with Crippen LogP contribution in [0.2, 0.25) is 0 Å². The van der Waals surface area contributed by atoms with Crippen molar-refractivity contribution in [3.8, 4) is 0 Å².